The highest BCUT2D eigenvalue weighted by Gasteiger charge is 2.65. The second kappa shape index (κ2) is 4.33. The molecule has 7 heteroatoms. The highest BCUT2D eigenvalue weighted by molar-refractivity contribution is 5.56. The highest BCUT2D eigenvalue weighted by atomic mass is 19.4. The Morgan fingerprint density at radius 2 is 2.00 bits per heavy atom. The van der Waals surface area contributed by atoms with Crippen LogP contribution in [0.1, 0.15) is 18.9 Å². The standard InChI is InChI=1S/C11H14F3N3O/c1-2-5-18-9-4-3-7(6-8(9)15)10(16-17-10)11(12,13)14/h3-4,6,16-17H,2,5,15H2,1H3. The maximum Gasteiger partial charge on any atom is 0.426 e. The predicted molar refractivity (Wildman–Crippen MR) is 60.6 cm³/mol. The third-order valence-corrected chi connectivity index (χ3v) is 2.70. The molecule has 0 bridgehead atoms. The van der Waals surface area contributed by atoms with Crippen molar-refractivity contribution in [2.75, 3.05) is 12.3 Å². The van der Waals surface area contributed by atoms with Crippen molar-refractivity contribution in [2.45, 2.75) is 25.2 Å². The van der Waals surface area contributed by atoms with Gasteiger partial charge in [-0.3, -0.25) is 0 Å². The molecule has 1 heterocycles. The molecule has 1 aliphatic heterocycles. The molecule has 1 aromatic rings. The Hall–Kier alpha value is -1.47. The third kappa shape index (κ3) is 2.11. The van der Waals surface area contributed by atoms with Gasteiger partial charge in [-0.15, -0.1) is 0 Å². The first kappa shape index (κ1) is 13.0. The van der Waals surface area contributed by atoms with Gasteiger partial charge in [0.2, 0.25) is 5.66 Å². The molecule has 18 heavy (non-hydrogen) atoms. The summed E-state index contributed by atoms with van der Waals surface area (Å²) in [4.78, 5) is 0. The molecule has 1 fully saturated rings. The smallest absolute Gasteiger partial charge is 0.426 e. The van der Waals surface area contributed by atoms with E-state index < -0.39 is 11.8 Å². The van der Waals surface area contributed by atoms with E-state index >= 15 is 0 Å². The SMILES string of the molecule is CCCOc1ccc(C2(C(F)(F)F)NN2)cc1N. The first-order chi connectivity index (χ1) is 8.40. The second-order valence-electron chi connectivity index (χ2n) is 4.10. The number of anilines is 1. The van der Waals surface area contributed by atoms with Crippen molar-refractivity contribution >= 4 is 5.69 Å². The first-order valence-electron chi connectivity index (χ1n) is 5.54. The van der Waals surface area contributed by atoms with Crippen LogP contribution in [0, 0.1) is 0 Å². The van der Waals surface area contributed by atoms with Crippen LogP contribution in [0.4, 0.5) is 18.9 Å². The van der Waals surface area contributed by atoms with Gasteiger partial charge in [0, 0.05) is 5.56 Å². The number of hydrazine groups is 1. The molecule has 0 saturated carbocycles. The molecule has 1 aromatic carbocycles. The Labute approximate surface area is 102 Å². The molecule has 2 rings (SSSR count). The molecular weight excluding hydrogens is 247 g/mol. The Kier molecular flexibility index (Phi) is 3.12. The van der Waals surface area contributed by atoms with Crippen LogP contribution in [0.25, 0.3) is 0 Å². The molecule has 1 saturated heterocycles. The quantitative estimate of drug-likeness (QED) is 0.571. The molecule has 0 radical (unpaired) electrons. The molecular formula is C11H14F3N3O. The van der Waals surface area contributed by atoms with Gasteiger partial charge in [-0.2, -0.15) is 13.2 Å². The number of halogens is 3. The zero-order valence-corrected chi connectivity index (χ0v) is 9.77. The van der Waals surface area contributed by atoms with E-state index in [1.807, 2.05) is 6.92 Å². The van der Waals surface area contributed by atoms with Gasteiger partial charge in [-0.25, -0.2) is 10.9 Å². The molecule has 0 amide bonds. The number of hydrogen-bond acceptors (Lipinski definition) is 4. The van der Waals surface area contributed by atoms with Gasteiger partial charge in [0.25, 0.3) is 0 Å². The predicted octanol–water partition coefficient (Wildman–Crippen LogP) is 1.88. The van der Waals surface area contributed by atoms with E-state index in [1.165, 1.54) is 18.2 Å². The summed E-state index contributed by atoms with van der Waals surface area (Å²) in [5, 5.41) is 0. The Bertz CT molecular complexity index is 444. The van der Waals surface area contributed by atoms with Crippen LogP contribution in [-0.2, 0) is 5.66 Å². The summed E-state index contributed by atoms with van der Waals surface area (Å²) in [5.74, 6) is 0.401. The number of rotatable bonds is 4. The van der Waals surface area contributed by atoms with Gasteiger partial charge in [-0.1, -0.05) is 13.0 Å². The number of hydrogen-bond donors (Lipinski definition) is 3. The average Bonchev–Trinajstić information content (AvgIpc) is 3.07. The lowest BCUT2D eigenvalue weighted by Gasteiger charge is -2.17. The largest absolute Gasteiger partial charge is 0.491 e. The molecule has 0 atom stereocenters. The van der Waals surface area contributed by atoms with E-state index in [2.05, 4.69) is 10.9 Å². The maximum absolute atomic E-state index is 12.8. The zero-order valence-electron chi connectivity index (χ0n) is 9.77. The monoisotopic (exact) mass is 261 g/mol. The van der Waals surface area contributed by atoms with Crippen molar-refractivity contribution in [1.29, 1.82) is 0 Å². The van der Waals surface area contributed by atoms with Crippen molar-refractivity contribution in [3.63, 3.8) is 0 Å². The fraction of sp³-hybridized carbons (Fsp3) is 0.455. The minimum absolute atomic E-state index is 0.0244. The number of benzene rings is 1. The van der Waals surface area contributed by atoms with E-state index in [-0.39, 0.29) is 11.3 Å². The summed E-state index contributed by atoms with van der Waals surface area (Å²) in [6.07, 6.45) is -3.62. The summed E-state index contributed by atoms with van der Waals surface area (Å²) in [5.41, 5.74) is 7.97. The maximum atomic E-state index is 12.8. The van der Waals surface area contributed by atoms with Crippen molar-refractivity contribution in [1.82, 2.24) is 10.9 Å². The van der Waals surface area contributed by atoms with Gasteiger partial charge in [0.05, 0.1) is 12.3 Å². The minimum atomic E-state index is -4.43. The Morgan fingerprint density at radius 1 is 1.33 bits per heavy atom. The lowest BCUT2D eigenvalue weighted by atomic mass is 10.0. The molecule has 0 aliphatic carbocycles. The topological polar surface area (TPSA) is 79.1 Å². The fourth-order valence-electron chi connectivity index (χ4n) is 1.64. The van der Waals surface area contributed by atoms with E-state index in [0.29, 0.717) is 12.4 Å². The Balaban J connectivity index is 2.24. The number of nitrogen functional groups attached to an aromatic ring is 1. The number of nitrogens with one attached hydrogen (secondary N) is 2. The van der Waals surface area contributed by atoms with Gasteiger partial charge < -0.3 is 10.5 Å². The summed E-state index contributed by atoms with van der Waals surface area (Å²) in [6, 6.07) is 4.07. The molecule has 0 aromatic heterocycles. The lowest BCUT2D eigenvalue weighted by Crippen LogP contribution is -2.34. The van der Waals surface area contributed by atoms with E-state index in [4.69, 9.17) is 10.5 Å². The van der Waals surface area contributed by atoms with Crippen molar-refractivity contribution in [3.8, 4) is 5.75 Å². The van der Waals surface area contributed by atoms with Crippen LogP contribution < -0.4 is 21.3 Å². The number of alkyl halides is 3. The van der Waals surface area contributed by atoms with Gasteiger partial charge in [0.1, 0.15) is 5.75 Å². The lowest BCUT2D eigenvalue weighted by molar-refractivity contribution is -0.165. The van der Waals surface area contributed by atoms with Gasteiger partial charge in [0.15, 0.2) is 0 Å². The number of nitrogens with two attached hydrogens (primary N) is 1. The zero-order chi connectivity index (χ0) is 13.4. The van der Waals surface area contributed by atoms with E-state index in [9.17, 15) is 13.2 Å². The third-order valence-electron chi connectivity index (χ3n) is 2.70. The molecule has 4 nitrogen and oxygen atoms in total. The second-order valence-corrected chi connectivity index (χ2v) is 4.10. The van der Waals surface area contributed by atoms with Crippen LogP contribution >= 0.6 is 0 Å². The first-order valence-corrected chi connectivity index (χ1v) is 5.54. The number of ether oxygens (including phenoxy) is 1. The van der Waals surface area contributed by atoms with Crippen molar-refractivity contribution in [3.05, 3.63) is 23.8 Å². The average molecular weight is 261 g/mol. The van der Waals surface area contributed by atoms with Crippen molar-refractivity contribution in [2.24, 2.45) is 0 Å². The van der Waals surface area contributed by atoms with Crippen LogP contribution in [-0.4, -0.2) is 12.8 Å². The molecule has 1 aliphatic rings. The molecule has 4 N–H and O–H groups in total. The van der Waals surface area contributed by atoms with Crippen LogP contribution in [0.15, 0.2) is 18.2 Å². The van der Waals surface area contributed by atoms with Crippen LogP contribution in [0.3, 0.4) is 0 Å². The summed E-state index contributed by atoms with van der Waals surface area (Å²) in [7, 11) is 0. The van der Waals surface area contributed by atoms with E-state index in [1.54, 1.807) is 0 Å². The van der Waals surface area contributed by atoms with Gasteiger partial charge in [-0.05, 0) is 18.6 Å². The van der Waals surface area contributed by atoms with Crippen LogP contribution in [0.5, 0.6) is 5.75 Å². The van der Waals surface area contributed by atoms with Crippen LogP contribution in [0.2, 0.25) is 0 Å². The Morgan fingerprint density at radius 3 is 2.44 bits per heavy atom. The summed E-state index contributed by atoms with van der Waals surface area (Å²) >= 11 is 0. The fourth-order valence-corrected chi connectivity index (χ4v) is 1.64. The molecule has 0 unspecified atom stereocenters. The van der Waals surface area contributed by atoms with Crippen molar-refractivity contribution < 1.29 is 17.9 Å². The molecule has 0 spiro atoms. The highest BCUT2D eigenvalue weighted by Crippen LogP contribution is 2.43. The summed E-state index contributed by atoms with van der Waals surface area (Å²) in [6.45, 7) is 2.41. The normalized spacial score (nSPS) is 17.6. The van der Waals surface area contributed by atoms with Gasteiger partial charge >= 0.3 is 6.18 Å². The minimum Gasteiger partial charge on any atom is -0.491 e. The van der Waals surface area contributed by atoms with E-state index in [0.717, 1.165) is 6.42 Å². The molecule has 100 valence electrons. The summed E-state index contributed by atoms with van der Waals surface area (Å²) < 4.78 is 43.8.